The van der Waals surface area contributed by atoms with Gasteiger partial charge in [-0.2, -0.15) is 4.98 Å². The first-order valence-corrected chi connectivity index (χ1v) is 12.1. The van der Waals surface area contributed by atoms with Crippen LogP contribution in [0.15, 0.2) is 47.0 Å². The second-order valence-corrected chi connectivity index (χ2v) is 9.48. The summed E-state index contributed by atoms with van der Waals surface area (Å²) in [7, 11) is 0. The van der Waals surface area contributed by atoms with Gasteiger partial charge in [0.25, 0.3) is 0 Å². The van der Waals surface area contributed by atoms with Gasteiger partial charge in [-0.15, -0.1) is 0 Å². The molecule has 2 aromatic carbocycles. The van der Waals surface area contributed by atoms with Crippen LogP contribution < -0.4 is 10.1 Å². The van der Waals surface area contributed by atoms with E-state index in [-0.39, 0.29) is 17.9 Å². The summed E-state index contributed by atoms with van der Waals surface area (Å²) < 4.78 is 11.3. The molecule has 1 aliphatic heterocycles. The zero-order valence-electron chi connectivity index (χ0n) is 19.9. The normalized spacial score (nSPS) is 15.8. The molecule has 0 radical (unpaired) electrons. The number of rotatable bonds is 8. The van der Waals surface area contributed by atoms with Crippen LogP contribution in [0.2, 0.25) is 5.02 Å². The predicted octanol–water partition coefficient (Wildman–Crippen LogP) is 4.80. The minimum Gasteiger partial charge on any atom is -0.491 e. The van der Waals surface area contributed by atoms with E-state index in [0.717, 1.165) is 37.2 Å². The second-order valence-electron chi connectivity index (χ2n) is 9.04. The number of nitrogens with one attached hydrogen (secondary N) is 1. The lowest BCUT2D eigenvalue weighted by Gasteiger charge is -2.30. The molecule has 4 rings (SSSR count). The number of nitrogens with zero attached hydrogens (tertiary/aromatic N) is 3. The topological polar surface area (TPSA) is 80.5 Å². The predicted molar refractivity (Wildman–Crippen MR) is 132 cm³/mol. The minimum atomic E-state index is -0.0598. The van der Waals surface area contributed by atoms with E-state index < -0.39 is 0 Å². The molecule has 1 amide bonds. The Morgan fingerprint density at radius 2 is 2.00 bits per heavy atom. The van der Waals surface area contributed by atoms with Crippen molar-refractivity contribution in [1.82, 2.24) is 20.4 Å². The lowest BCUT2D eigenvalue weighted by molar-refractivity contribution is -0.127. The van der Waals surface area contributed by atoms with Gasteiger partial charge in [-0.1, -0.05) is 35.0 Å². The smallest absolute Gasteiger partial charge is 0.241 e. The van der Waals surface area contributed by atoms with Crippen LogP contribution in [-0.4, -0.2) is 46.7 Å². The van der Waals surface area contributed by atoms with Crippen LogP contribution in [0, 0.1) is 19.8 Å². The maximum absolute atomic E-state index is 12.7. The first-order valence-electron chi connectivity index (χ1n) is 11.7. The van der Waals surface area contributed by atoms with Crippen LogP contribution in [0.1, 0.15) is 36.8 Å². The third kappa shape index (κ3) is 6.36. The average Bonchev–Trinajstić information content (AvgIpc) is 3.29. The van der Waals surface area contributed by atoms with E-state index in [4.69, 9.17) is 20.9 Å². The molecule has 180 valence electrons. The van der Waals surface area contributed by atoms with E-state index in [1.165, 1.54) is 11.1 Å². The molecule has 1 fully saturated rings. The van der Waals surface area contributed by atoms with Crippen molar-refractivity contribution in [2.45, 2.75) is 46.2 Å². The van der Waals surface area contributed by atoms with Gasteiger partial charge in [-0.25, -0.2) is 0 Å². The summed E-state index contributed by atoms with van der Waals surface area (Å²) in [5.41, 5.74) is 3.26. The average molecular weight is 483 g/mol. The Bertz CT molecular complexity index is 1120. The van der Waals surface area contributed by atoms with Gasteiger partial charge in [0.15, 0.2) is 0 Å². The van der Waals surface area contributed by atoms with Crippen LogP contribution in [0.4, 0.5) is 0 Å². The van der Waals surface area contributed by atoms with Crippen LogP contribution in [0.25, 0.3) is 11.4 Å². The number of likely N-dealkylation sites (tertiary alicyclic amines) is 1. The molecule has 0 bridgehead atoms. The Morgan fingerprint density at radius 1 is 1.21 bits per heavy atom. The largest absolute Gasteiger partial charge is 0.491 e. The molecule has 8 heteroatoms. The van der Waals surface area contributed by atoms with Crippen molar-refractivity contribution >= 4 is 17.5 Å². The van der Waals surface area contributed by atoms with Crippen molar-refractivity contribution in [3.05, 3.63) is 64.5 Å². The molecule has 2 heterocycles. The number of aryl methyl sites for hydroxylation is 2. The summed E-state index contributed by atoms with van der Waals surface area (Å²) in [4.78, 5) is 19.5. The van der Waals surface area contributed by atoms with Gasteiger partial charge >= 0.3 is 0 Å². The summed E-state index contributed by atoms with van der Waals surface area (Å²) in [6.07, 6.45) is 1.59. The molecule has 0 saturated carbocycles. The highest BCUT2D eigenvalue weighted by atomic mass is 35.5. The van der Waals surface area contributed by atoms with Gasteiger partial charge in [-0.05, 0) is 82.1 Å². The number of hydrogen-bond acceptors (Lipinski definition) is 6. The fraction of sp³-hybridized carbons (Fsp3) is 0.423. The monoisotopic (exact) mass is 482 g/mol. The van der Waals surface area contributed by atoms with Crippen molar-refractivity contribution in [3.8, 4) is 17.1 Å². The highest BCUT2D eigenvalue weighted by Crippen LogP contribution is 2.22. The van der Waals surface area contributed by atoms with E-state index in [2.05, 4.69) is 34.2 Å². The Labute approximate surface area is 205 Å². The van der Waals surface area contributed by atoms with Crippen molar-refractivity contribution in [2.75, 3.05) is 19.7 Å². The van der Waals surface area contributed by atoms with Crippen molar-refractivity contribution in [2.24, 2.45) is 5.92 Å². The molecule has 1 unspecified atom stereocenters. The Balaban J connectivity index is 1.20. The molecule has 1 aliphatic rings. The number of piperidine rings is 1. The molecule has 1 aromatic heterocycles. The van der Waals surface area contributed by atoms with Crippen LogP contribution >= 0.6 is 11.6 Å². The van der Waals surface area contributed by atoms with Crippen molar-refractivity contribution in [3.63, 3.8) is 0 Å². The maximum atomic E-state index is 12.7. The first kappa shape index (κ1) is 24.2. The number of aromatic nitrogens is 2. The summed E-state index contributed by atoms with van der Waals surface area (Å²) in [5.74, 6) is 2.03. The van der Waals surface area contributed by atoms with Gasteiger partial charge in [0.2, 0.25) is 17.6 Å². The molecular weight excluding hydrogens is 452 g/mol. The molecule has 34 heavy (non-hydrogen) atoms. The number of halogens is 1. The highest BCUT2D eigenvalue weighted by Gasteiger charge is 2.27. The van der Waals surface area contributed by atoms with Gasteiger partial charge in [0, 0.05) is 16.5 Å². The van der Waals surface area contributed by atoms with Crippen LogP contribution in [-0.2, 0) is 11.3 Å². The van der Waals surface area contributed by atoms with E-state index in [1.54, 1.807) is 0 Å². The standard InChI is InChI=1S/C26H31ClN4O3/c1-17-7-8-23(13-18(17)2)33-16-19(3)28-26(32)20-9-11-31(12-10-20)15-24-29-25(30-34-24)21-5-4-6-22(27)14-21/h4-8,13-14,19-20H,9-12,15-16H2,1-3H3,(H,28,32). The van der Waals surface area contributed by atoms with Crippen LogP contribution in [0.3, 0.4) is 0 Å². The zero-order valence-corrected chi connectivity index (χ0v) is 20.6. The lowest BCUT2D eigenvalue weighted by atomic mass is 9.95. The van der Waals surface area contributed by atoms with Gasteiger partial charge in [0.1, 0.15) is 12.4 Å². The number of amides is 1. The summed E-state index contributed by atoms with van der Waals surface area (Å²) in [6.45, 7) is 8.74. The lowest BCUT2D eigenvalue weighted by Crippen LogP contribution is -2.44. The Morgan fingerprint density at radius 3 is 2.74 bits per heavy atom. The first-order chi connectivity index (χ1) is 16.4. The quantitative estimate of drug-likeness (QED) is 0.496. The van der Waals surface area contributed by atoms with Crippen molar-refractivity contribution in [1.29, 1.82) is 0 Å². The molecule has 3 aromatic rings. The molecule has 1 saturated heterocycles. The SMILES string of the molecule is Cc1ccc(OCC(C)NC(=O)C2CCN(Cc3nc(-c4cccc(Cl)c4)no3)CC2)cc1C. The number of carbonyl (C=O) groups is 1. The van der Waals surface area contributed by atoms with E-state index in [9.17, 15) is 4.79 Å². The maximum Gasteiger partial charge on any atom is 0.241 e. The summed E-state index contributed by atoms with van der Waals surface area (Å²) >= 11 is 6.05. The molecule has 1 atom stereocenters. The van der Waals surface area contributed by atoms with Crippen molar-refractivity contribution < 1.29 is 14.1 Å². The third-order valence-electron chi connectivity index (χ3n) is 6.24. The number of ether oxygens (including phenoxy) is 1. The fourth-order valence-corrected chi connectivity index (χ4v) is 4.23. The van der Waals surface area contributed by atoms with Gasteiger partial charge < -0.3 is 14.6 Å². The highest BCUT2D eigenvalue weighted by molar-refractivity contribution is 6.30. The molecule has 1 N–H and O–H groups in total. The van der Waals surface area contributed by atoms with Crippen LogP contribution in [0.5, 0.6) is 5.75 Å². The molecule has 0 aliphatic carbocycles. The third-order valence-corrected chi connectivity index (χ3v) is 6.47. The molecule has 7 nitrogen and oxygen atoms in total. The minimum absolute atomic E-state index is 0.00465. The summed E-state index contributed by atoms with van der Waals surface area (Å²) in [5, 5.41) is 7.81. The zero-order chi connectivity index (χ0) is 24.1. The molecular formula is C26H31ClN4O3. The fourth-order valence-electron chi connectivity index (χ4n) is 4.04. The van der Waals surface area contributed by atoms with Gasteiger partial charge in [-0.3, -0.25) is 9.69 Å². The number of benzene rings is 2. The summed E-state index contributed by atoms with van der Waals surface area (Å²) in [6, 6.07) is 13.4. The second kappa shape index (κ2) is 11.0. The number of carbonyl (C=O) groups excluding carboxylic acids is 1. The van der Waals surface area contributed by atoms with E-state index in [1.807, 2.05) is 49.4 Å². The Hall–Kier alpha value is -2.90. The number of hydrogen-bond donors (Lipinski definition) is 1. The van der Waals surface area contributed by atoms with E-state index >= 15 is 0 Å². The Kier molecular flexibility index (Phi) is 7.85. The van der Waals surface area contributed by atoms with Gasteiger partial charge in [0.05, 0.1) is 12.6 Å². The molecule has 0 spiro atoms. The van der Waals surface area contributed by atoms with E-state index in [0.29, 0.717) is 29.9 Å².